The van der Waals surface area contributed by atoms with E-state index in [1.807, 2.05) is 36.4 Å². The van der Waals surface area contributed by atoms with Gasteiger partial charge >= 0.3 is 0 Å². The van der Waals surface area contributed by atoms with Gasteiger partial charge in [0.15, 0.2) is 0 Å². The lowest BCUT2D eigenvalue weighted by atomic mass is 10.1. The highest BCUT2D eigenvalue weighted by molar-refractivity contribution is 7.76. The number of non-ortho nitro benzene ring substituents is 1. The van der Waals surface area contributed by atoms with Crippen molar-refractivity contribution in [3.63, 3.8) is 0 Å². The Labute approximate surface area is 112 Å². The van der Waals surface area contributed by atoms with Crippen LogP contribution in [0.1, 0.15) is 0 Å². The summed E-state index contributed by atoms with van der Waals surface area (Å²) in [6, 6.07) is 16.2. The summed E-state index contributed by atoms with van der Waals surface area (Å²) in [4.78, 5) is 10.2. The molecule has 0 aliphatic carbocycles. The zero-order valence-corrected chi connectivity index (χ0v) is 10.6. The van der Waals surface area contributed by atoms with Gasteiger partial charge in [-0.3, -0.25) is 19.5 Å². The fourth-order valence-electron chi connectivity index (χ4n) is 1.43. The van der Waals surface area contributed by atoms with Crippen LogP contribution in [0.2, 0.25) is 0 Å². The lowest BCUT2D eigenvalue weighted by molar-refractivity contribution is -0.384. The van der Waals surface area contributed by atoms with Gasteiger partial charge in [-0.1, -0.05) is 42.5 Å². The molecule has 0 radical (unpaired) electrons. The summed E-state index contributed by atoms with van der Waals surface area (Å²) >= 11 is -2.36. The first-order chi connectivity index (χ1) is 9.00. The van der Waals surface area contributed by atoms with E-state index in [1.165, 1.54) is 6.07 Å². The van der Waals surface area contributed by atoms with E-state index in [9.17, 15) is 10.1 Å². The number of hydrogen-bond donors (Lipinski definition) is 1. The maximum atomic E-state index is 10.6. The molecule has 2 aromatic rings. The second-order valence-electron chi connectivity index (χ2n) is 3.43. The molecular formula is C12H11N2O4S-. The minimum absolute atomic E-state index is 0.122. The van der Waals surface area contributed by atoms with Crippen molar-refractivity contribution < 1.29 is 13.7 Å². The van der Waals surface area contributed by atoms with Gasteiger partial charge in [-0.15, -0.1) is 0 Å². The molecule has 0 heterocycles. The highest BCUT2D eigenvalue weighted by Crippen LogP contribution is 2.23. The summed E-state index contributed by atoms with van der Waals surface area (Å²) in [6.45, 7) is 0. The molecule has 0 saturated carbocycles. The van der Waals surface area contributed by atoms with Crippen molar-refractivity contribution in [2.75, 3.05) is 0 Å². The molecule has 1 unspecified atom stereocenters. The Bertz CT molecular complexity index is 571. The highest BCUT2D eigenvalue weighted by Gasteiger charge is 2.05. The van der Waals surface area contributed by atoms with Crippen molar-refractivity contribution in [3.05, 3.63) is 64.7 Å². The van der Waals surface area contributed by atoms with Crippen molar-refractivity contribution in [2.24, 2.45) is 5.14 Å². The van der Waals surface area contributed by atoms with Gasteiger partial charge in [-0.25, -0.2) is 0 Å². The van der Waals surface area contributed by atoms with Gasteiger partial charge < -0.3 is 4.55 Å². The Kier molecular flexibility index (Phi) is 5.80. The normalized spacial score (nSPS) is 11.1. The molecule has 0 bridgehead atoms. The Hall–Kier alpha value is -2.09. The number of rotatable bonds is 2. The molecular weight excluding hydrogens is 268 g/mol. The monoisotopic (exact) mass is 279 g/mol. The summed E-state index contributed by atoms with van der Waals surface area (Å²) in [5, 5.41) is 14.6. The Balaban J connectivity index is 0.000000399. The van der Waals surface area contributed by atoms with Gasteiger partial charge in [0, 0.05) is 23.4 Å². The predicted octanol–water partition coefficient (Wildman–Crippen LogP) is 2.00. The topological polar surface area (TPSA) is 109 Å². The maximum absolute atomic E-state index is 10.6. The lowest BCUT2D eigenvalue weighted by Crippen LogP contribution is -1.97. The predicted molar refractivity (Wildman–Crippen MR) is 71.6 cm³/mol. The van der Waals surface area contributed by atoms with Gasteiger partial charge in [0.1, 0.15) is 0 Å². The van der Waals surface area contributed by atoms with Crippen molar-refractivity contribution in [3.8, 4) is 11.1 Å². The lowest BCUT2D eigenvalue weighted by Gasteiger charge is -2.00. The minimum Gasteiger partial charge on any atom is -0.760 e. The van der Waals surface area contributed by atoms with E-state index in [1.54, 1.807) is 12.1 Å². The molecule has 0 saturated heterocycles. The summed E-state index contributed by atoms with van der Waals surface area (Å²) in [5.74, 6) is 0. The fourth-order valence-corrected chi connectivity index (χ4v) is 1.43. The molecule has 7 heteroatoms. The van der Waals surface area contributed by atoms with Crippen LogP contribution in [0.15, 0.2) is 54.6 Å². The largest absolute Gasteiger partial charge is 0.760 e. The smallest absolute Gasteiger partial charge is 0.270 e. The zero-order chi connectivity index (χ0) is 14.3. The van der Waals surface area contributed by atoms with Crippen molar-refractivity contribution >= 4 is 17.0 Å². The van der Waals surface area contributed by atoms with Crippen LogP contribution < -0.4 is 5.14 Å². The van der Waals surface area contributed by atoms with Gasteiger partial charge in [-0.2, -0.15) is 0 Å². The third-order valence-corrected chi connectivity index (χ3v) is 2.16. The third-order valence-electron chi connectivity index (χ3n) is 2.16. The van der Waals surface area contributed by atoms with Crippen LogP contribution in [0.4, 0.5) is 5.69 Å². The second kappa shape index (κ2) is 7.37. The van der Waals surface area contributed by atoms with Gasteiger partial charge in [0.2, 0.25) is 0 Å². The van der Waals surface area contributed by atoms with E-state index in [2.05, 4.69) is 5.14 Å². The molecule has 1 atom stereocenters. The van der Waals surface area contributed by atoms with E-state index in [0.29, 0.717) is 0 Å². The van der Waals surface area contributed by atoms with E-state index in [0.717, 1.165) is 11.1 Å². The standard InChI is InChI=1S/C12H9NO2.H3NO2S/c14-13(15)12-8-4-7-11(9-12)10-5-2-1-3-6-10;1-4(2)3/h1-9H;1H2,(H,2,3)/p-1. The summed E-state index contributed by atoms with van der Waals surface area (Å²) in [6.07, 6.45) is 0. The van der Waals surface area contributed by atoms with Crippen LogP contribution >= 0.6 is 0 Å². The van der Waals surface area contributed by atoms with Gasteiger partial charge in [-0.05, 0) is 11.1 Å². The molecule has 2 rings (SSSR count). The molecule has 0 spiro atoms. The van der Waals surface area contributed by atoms with Gasteiger partial charge in [0.25, 0.3) is 5.69 Å². The van der Waals surface area contributed by atoms with E-state index in [4.69, 9.17) is 8.76 Å². The first-order valence-corrected chi connectivity index (χ1v) is 6.28. The van der Waals surface area contributed by atoms with Crippen LogP contribution in [0.25, 0.3) is 11.1 Å². The van der Waals surface area contributed by atoms with Gasteiger partial charge in [0.05, 0.1) is 4.92 Å². The number of nitro benzene ring substituents is 1. The molecule has 0 aliphatic rings. The summed E-state index contributed by atoms with van der Waals surface area (Å²) < 4.78 is 17.6. The van der Waals surface area contributed by atoms with Crippen molar-refractivity contribution in [1.29, 1.82) is 0 Å². The molecule has 0 amide bonds. The molecule has 0 fully saturated rings. The first-order valence-electron chi connectivity index (χ1n) is 5.14. The maximum Gasteiger partial charge on any atom is 0.270 e. The third kappa shape index (κ3) is 5.38. The van der Waals surface area contributed by atoms with E-state index >= 15 is 0 Å². The number of nitro groups is 1. The van der Waals surface area contributed by atoms with E-state index < -0.39 is 11.3 Å². The highest BCUT2D eigenvalue weighted by atomic mass is 32.2. The summed E-state index contributed by atoms with van der Waals surface area (Å²) in [5.41, 5.74) is 1.97. The SMILES string of the molecule is NS(=O)[O-].O=[N+]([O-])c1cccc(-c2ccccc2)c1. The average molecular weight is 279 g/mol. The number of hydrogen-bond acceptors (Lipinski definition) is 4. The molecule has 6 nitrogen and oxygen atoms in total. The molecule has 0 aliphatic heterocycles. The van der Waals surface area contributed by atoms with Crippen LogP contribution in [-0.4, -0.2) is 13.7 Å². The quantitative estimate of drug-likeness (QED) is 0.515. The van der Waals surface area contributed by atoms with Crippen LogP contribution in [-0.2, 0) is 11.3 Å². The Morgan fingerprint density at radius 2 is 1.53 bits per heavy atom. The first kappa shape index (κ1) is 15.0. The van der Waals surface area contributed by atoms with Crippen LogP contribution in [0.5, 0.6) is 0 Å². The van der Waals surface area contributed by atoms with Crippen LogP contribution in [0, 0.1) is 10.1 Å². The Morgan fingerprint density at radius 1 is 1.00 bits per heavy atom. The van der Waals surface area contributed by atoms with Crippen molar-refractivity contribution in [2.45, 2.75) is 0 Å². The van der Waals surface area contributed by atoms with Crippen molar-refractivity contribution in [1.82, 2.24) is 0 Å². The summed E-state index contributed by atoms with van der Waals surface area (Å²) in [7, 11) is 0. The number of nitrogens with two attached hydrogens (primary N) is 1. The minimum atomic E-state index is -2.36. The molecule has 2 N–H and O–H groups in total. The molecule has 0 aromatic heterocycles. The molecule has 100 valence electrons. The van der Waals surface area contributed by atoms with Crippen LogP contribution in [0.3, 0.4) is 0 Å². The fraction of sp³-hybridized carbons (Fsp3) is 0. The number of benzene rings is 2. The molecule has 19 heavy (non-hydrogen) atoms. The zero-order valence-electron chi connectivity index (χ0n) is 9.76. The van der Waals surface area contributed by atoms with E-state index in [-0.39, 0.29) is 10.6 Å². The number of nitrogens with zero attached hydrogens (tertiary/aromatic N) is 1. The average Bonchev–Trinajstić information content (AvgIpc) is 2.39. The second-order valence-corrected chi connectivity index (χ2v) is 3.95. The Morgan fingerprint density at radius 3 is 2.05 bits per heavy atom. The molecule has 2 aromatic carbocycles.